The Morgan fingerprint density at radius 3 is 2.60 bits per heavy atom. The SMILES string of the molecule is CCNC(C)C(O)(c1ccc2occc2c1)C(F)(F)F. The first-order valence-corrected chi connectivity index (χ1v) is 6.31. The van der Waals surface area contributed by atoms with Crippen molar-refractivity contribution in [3.05, 3.63) is 36.1 Å². The molecule has 0 saturated heterocycles. The molecule has 2 rings (SSSR count). The van der Waals surface area contributed by atoms with Crippen LogP contribution in [0.1, 0.15) is 19.4 Å². The van der Waals surface area contributed by atoms with Crippen LogP contribution in [0.4, 0.5) is 13.2 Å². The minimum absolute atomic E-state index is 0.202. The van der Waals surface area contributed by atoms with Gasteiger partial charge in [-0.3, -0.25) is 0 Å². The Bertz CT molecular complexity index is 593. The lowest BCUT2D eigenvalue weighted by atomic mass is 9.85. The Morgan fingerprint density at radius 1 is 1.30 bits per heavy atom. The van der Waals surface area contributed by atoms with Crippen LogP contribution in [0.25, 0.3) is 11.0 Å². The molecule has 0 aliphatic carbocycles. The van der Waals surface area contributed by atoms with Gasteiger partial charge in [0.1, 0.15) is 5.58 Å². The Hall–Kier alpha value is -1.53. The zero-order valence-corrected chi connectivity index (χ0v) is 11.2. The number of halogens is 3. The van der Waals surface area contributed by atoms with Gasteiger partial charge in [0, 0.05) is 11.4 Å². The zero-order chi connectivity index (χ0) is 15.0. The number of alkyl halides is 3. The average molecular weight is 287 g/mol. The van der Waals surface area contributed by atoms with E-state index in [1.165, 1.54) is 31.4 Å². The van der Waals surface area contributed by atoms with Crippen LogP contribution in [0, 0.1) is 0 Å². The van der Waals surface area contributed by atoms with Gasteiger partial charge >= 0.3 is 6.18 Å². The number of furan rings is 1. The second-order valence-corrected chi connectivity index (χ2v) is 4.72. The molecule has 0 fully saturated rings. The largest absolute Gasteiger partial charge is 0.464 e. The second-order valence-electron chi connectivity index (χ2n) is 4.72. The van der Waals surface area contributed by atoms with Crippen molar-refractivity contribution in [1.29, 1.82) is 0 Å². The molecule has 1 aromatic heterocycles. The van der Waals surface area contributed by atoms with Gasteiger partial charge in [0.25, 0.3) is 0 Å². The molecular weight excluding hydrogens is 271 g/mol. The van der Waals surface area contributed by atoms with Crippen LogP contribution in [0.2, 0.25) is 0 Å². The molecule has 0 bridgehead atoms. The maximum Gasteiger partial charge on any atom is 0.422 e. The Kier molecular flexibility index (Phi) is 3.80. The summed E-state index contributed by atoms with van der Waals surface area (Å²) in [5, 5.41) is 13.5. The Labute approximate surface area is 114 Å². The third-order valence-corrected chi connectivity index (χ3v) is 3.46. The number of nitrogens with one attached hydrogen (secondary N) is 1. The fourth-order valence-corrected chi connectivity index (χ4v) is 2.32. The first-order chi connectivity index (χ1) is 9.30. The van der Waals surface area contributed by atoms with Crippen LogP contribution in [0.15, 0.2) is 34.9 Å². The molecule has 110 valence electrons. The monoisotopic (exact) mass is 287 g/mol. The minimum Gasteiger partial charge on any atom is -0.464 e. The van der Waals surface area contributed by atoms with E-state index in [0.29, 0.717) is 17.5 Å². The molecule has 0 saturated carbocycles. The first-order valence-electron chi connectivity index (χ1n) is 6.31. The predicted octanol–water partition coefficient (Wildman–Crippen LogP) is 3.18. The molecule has 0 amide bonds. The quantitative estimate of drug-likeness (QED) is 0.908. The minimum atomic E-state index is -4.79. The van der Waals surface area contributed by atoms with E-state index in [-0.39, 0.29) is 5.56 Å². The van der Waals surface area contributed by atoms with Crippen molar-refractivity contribution >= 4 is 11.0 Å². The molecule has 6 heteroatoms. The van der Waals surface area contributed by atoms with E-state index in [4.69, 9.17) is 4.42 Å². The normalized spacial score (nSPS) is 17.1. The van der Waals surface area contributed by atoms with E-state index in [0.717, 1.165) is 0 Å². The molecule has 0 aliphatic rings. The lowest BCUT2D eigenvalue weighted by Gasteiger charge is -2.36. The number of fused-ring (bicyclic) bond motifs is 1. The molecule has 1 heterocycles. The summed E-state index contributed by atoms with van der Waals surface area (Å²) in [6, 6.07) is 4.37. The van der Waals surface area contributed by atoms with Gasteiger partial charge in [-0.25, -0.2) is 0 Å². The summed E-state index contributed by atoms with van der Waals surface area (Å²) >= 11 is 0. The van der Waals surface area contributed by atoms with Crippen LogP contribution in [-0.4, -0.2) is 23.9 Å². The van der Waals surface area contributed by atoms with Crippen molar-refractivity contribution in [2.45, 2.75) is 31.7 Å². The predicted molar refractivity (Wildman–Crippen MR) is 69.3 cm³/mol. The molecule has 2 aromatic rings. The summed E-state index contributed by atoms with van der Waals surface area (Å²) < 4.78 is 45.2. The summed E-state index contributed by atoms with van der Waals surface area (Å²) in [6.45, 7) is 3.33. The maximum atomic E-state index is 13.4. The van der Waals surface area contributed by atoms with Gasteiger partial charge in [-0.1, -0.05) is 13.0 Å². The summed E-state index contributed by atoms with van der Waals surface area (Å²) in [5.74, 6) is 0. The van der Waals surface area contributed by atoms with Gasteiger partial charge in [0.05, 0.1) is 6.26 Å². The van der Waals surface area contributed by atoms with E-state index in [1.807, 2.05) is 0 Å². The fraction of sp³-hybridized carbons (Fsp3) is 0.429. The third-order valence-electron chi connectivity index (χ3n) is 3.46. The highest BCUT2D eigenvalue weighted by molar-refractivity contribution is 5.78. The number of aliphatic hydroxyl groups is 1. The van der Waals surface area contributed by atoms with E-state index in [1.54, 1.807) is 13.0 Å². The molecular formula is C14H16F3NO2. The zero-order valence-electron chi connectivity index (χ0n) is 11.2. The van der Waals surface area contributed by atoms with Crippen molar-refractivity contribution in [2.75, 3.05) is 6.54 Å². The van der Waals surface area contributed by atoms with Crippen molar-refractivity contribution in [2.24, 2.45) is 0 Å². The topological polar surface area (TPSA) is 45.4 Å². The van der Waals surface area contributed by atoms with E-state index in [9.17, 15) is 18.3 Å². The molecule has 1 aromatic carbocycles. The van der Waals surface area contributed by atoms with Crippen LogP contribution >= 0.6 is 0 Å². The average Bonchev–Trinajstić information content (AvgIpc) is 2.83. The van der Waals surface area contributed by atoms with Crippen LogP contribution in [-0.2, 0) is 5.60 Å². The fourth-order valence-electron chi connectivity index (χ4n) is 2.32. The van der Waals surface area contributed by atoms with E-state index >= 15 is 0 Å². The van der Waals surface area contributed by atoms with Gasteiger partial charge in [0.15, 0.2) is 0 Å². The third kappa shape index (κ3) is 2.29. The highest BCUT2D eigenvalue weighted by atomic mass is 19.4. The number of likely N-dealkylation sites (N-methyl/N-ethyl adjacent to an activating group) is 1. The van der Waals surface area contributed by atoms with Crippen LogP contribution in [0.5, 0.6) is 0 Å². The molecule has 0 spiro atoms. The van der Waals surface area contributed by atoms with Crippen LogP contribution < -0.4 is 5.32 Å². The number of hydrogen-bond acceptors (Lipinski definition) is 3. The highest BCUT2D eigenvalue weighted by Crippen LogP contribution is 2.42. The van der Waals surface area contributed by atoms with Gasteiger partial charge < -0.3 is 14.8 Å². The van der Waals surface area contributed by atoms with Crippen molar-refractivity contribution in [3.8, 4) is 0 Å². The summed E-state index contributed by atoms with van der Waals surface area (Å²) in [6.07, 6.45) is -3.39. The Morgan fingerprint density at radius 2 is 2.00 bits per heavy atom. The molecule has 20 heavy (non-hydrogen) atoms. The van der Waals surface area contributed by atoms with Crippen molar-refractivity contribution < 1.29 is 22.7 Å². The number of rotatable bonds is 4. The standard InChI is InChI=1S/C14H16F3NO2/c1-3-18-9(2)13(19,14(15,16)17)11-4-5-12-10(8-11)6-7-20-12/h4-9,18-19H,3H2,1-2H3. The number of benzene rings is 1. The number of hydrogen-bond donors (Lipinski definition) is 2. The van der Waals surface area contributed by atoms with Gasteiger partial charge in [-0.2, -0.15) is 13.2 Å². The molecule has 2 N–H and O–H groups in total. The molecule has 0 radical (unpaired) electrons. The van der Waals surface area contributed by atoms with E-state index in [2.05, 4.69) is 5.32 Å². The maximum absolute atomic E-state index is 13.4. The lowest BCUT2D eigenvalue weighted by Crippen LogP contribution is -2.56. The highest BCUT2D eigenvalue weighted by Gasteiger charge is 2.58. The van der Waals surface area contributed by atoms with Crippen LogP contribution in [0.3, 0.4) is 0 Å². The summed E-state index contributed by atoms with van der Waals surface area (Å²) in [5.41, 5.74) is -2.67. The van der Waals surface area contributed by atoms with E-state index < -0.39 is 17.8 Å². The molecule has 0 aliphatic heterocycles. The molecule has 2 unspecified atom stereocenters. The molecule has 2 atom stereocenters. The summed E-state index contributed by atoms with van der Waals surface area (Å²) in [7, 11) is 0. The first kappa shape index (κ1) is 14.9. The van der Waals surface area contributed by atoms with Crippen molar-refractivity contribution in [1.82, 2.24) is 5.32 Å². The van der Waals surface area contributed by atoms with Gasteiger partial charge in [0.2, 0.25) is 5.60 Å². The van der Waals surface area contributed by atoms with Gasteiger partial charge in [-0.15, -0.1) is 0 Å². The van der Waals surface area contributed by atoms with Gasteiger partial charge in [-0.05, 0) is 37.2 Å². The van der Waals surface area contributed by atoms with Crippen molar-refractivity contribution in [3.63, 3.8) is 0 Å². The smallest absolute Gasteiger partial charge is 0.422 e. The second kappa shape index (κ2) is 5.10. The Balaban J connectivity index is 2.55. The molecule has 3 nitrogen and oxygen atoms in total. The lowest BCUT2D eigenvalue weighted by molar-refractivity contribution is -0.275. The summed E-state index contributed by atoms with van der Waals surface area (Å²) in [4.78, 5) is 0.